The normalized spacial score (nSPS) is 19.4. The summed E-state index contributed by atoms with van der Waals surface area (Å²) in [6, 6.07) is 15.1. The molecule has 2 aromatic carbocycles. The van der Waals surface area contributed by atoms with Crippen LogP contribution in [-0.2, 0) is 22.7 Å². The Bertz CT molecular complexity index is 1240. The van der Waals surface area contributed by atoms with Crippen molar-refractivity contribution in [3.63, 3.8) is 0 Å². The highest BCUT2D eigenvalue weighted by molar-refractivity contribution is 5.32. The van der Waals surface area contributed by atoms with Crippen LogP contribution in [0.25, 0.3) is 0 Å². The zero-order valence-electron chi connectivity index (χ0n) is 22.9. The molecule has 0 saturated carbocycles. The predicted octanol–water partition coefficient (Wildman–Crippen LogP) is 6.02. The number of hydrogen-bond donors (Lipinski definition) is 1. The van der Waals surface area contributed by atoms with E-state index in [1.807, 2.05) is 30.3 Å². The van der Waals surface area contributed by atoms with Gasteiger partial charge in [-0.15, -0.1) is 0 Å². The van der Waals surface area contributed by atoms with Crippen molar-refractivity contribution >= 4 is 0 Å². The van der Waals surface area contributed by atoms with Gasteiger partial charge in [0.25, 0.3) is 0 Å². The van der Waals surface area contributed by atoms with Crippen LogP contribution in [0.4, 0.5) is 17.6 Å². The van der Waals surface area contributed by atoms with Gasteiger partial charge in [0.05, 0.1) is 26.9 Å². The van der Waals surface area contributed by atoms with E-state index in [0.29, 0.717) is 25.5 Å². The third-order valence-electron chi connectivity index (χ3n) is 7.16. The highest BCUT2D eigenvalue weighted by atomic mass is 19.3. The molecule has 0 fully saturated rings. The largest absolute Gasteiger partial charge is 0.493 e. The number of ether oxygens (including phenoxy) is 3. The van der Waals surface area contributed by atoms with E-state index in [-0.39, 0.29) is 23.7 Å². The molecule has 0 spiro atoms. The predicted molar refractivity (Wildman–Crippen MR) is 142 cm³/mol. The number of benzene rings is 2. The first-order valence-electron chi connectivity index (χ1n) is 13.2. The van der Waals surface area contributed by atoms with Crippen LogP contribution >= 0.6 is 0 Å². The van der Waals surface area contributed by atoms with Crippen LogP contribution in [0, 0.1) is 11.3 Å². The molecule has 8 nitrogen and oxygen atoms in total. The molecular weight excluding hydrogens is 544 g/mol. The van der Waals surface area contributed by atoms with E-state index in [4.69, 9.17) is 14.3 Å². The average molecular weight is 579 g/mol. The maximum Gasteiger partial charge on any atom is 0.461 e. The molecule has 0 unspecified atom stereocenters. The van der Waals surface area contributed by atoms with Crippen LogP contribution in [0.3, 0.4) is 0 Å². The van der Waals surface area contributed by atoms with Crippen molar-refractivity contribution in [1.29, 1.82) is 0 Å². The Balaban J connectivity index is 1.47. The molecule has 222 valence electrons. The van der Waals surface area contributed by atoms with E-state index in [1.165, 1.54) is 30.6 Å². The van der Waals surface area contributed by atoms with E-state index >= 15 is 0 Å². The van der Waals surface area contributed by atoms with E-state index in [2.05, 4.69) is 27.2 Å². The lowest BCUT2D eigenvalue weighted by Gasteiger charge is -2.41. The van der Waals surface area contributed by atoms with Crippen molar-refractivity contribution in [2.75, 3.05) is 20.3 Å². The van der Waals surface area contributed by atoms with Crippen molar-refractivity contribution < 1.29 is 36.6 Å². The Morgan fingerprint density at radius 3 is 2.49 bits per heavy atom. The minimum absolute atomic E-state index is 0.0331. The van der Waals surface area contributed by atoms with Crippen LogP contribution in [0.15, 0.2) is 78.5 Å². The molecule has 0 saturated heterocycles. The van der Waals surface area contributed by atoms with E-state index in [9.17, 15) is 17.6 Å². The Hall–Kier alpha value is -3.64. The van der Waals surface area contributed by atoms with Crippen LogP contribution in [0.5, 0.6) is 11.5 Å². The fourth-order valence-corrected chi connectivity index (χ4v) is 4.87. The Kier molecular flexibility index (Phi) is 10.2. The molecule has 0 amide bonds. The lowest BCUT2D eigenvalue weighted by Crippen LogP contribution is -2.39. The third kappa shape index (κ3) is 8.20. The van der Waals surface area contributed by atoms with Gasteiger partial charge in [0.2, 0.25) is 0 Å². The highest BCUT2D eigenvalue weighted by Crippen LogP contribution is 2.45. The van der Waals surface area contributed by atoms with Gasteiger partial charge in [-0.05, 0) is 54.7 Å². The van der Waals surface area contributed by atoms with Crippen LogP contribution in [0.2, 0.25) is 0 Å². The molecule has 0 bridgehead atoms. The highest BCUT2D eigenvalue weighted by Gasteiger charge is 2.44. The second-order valence-corrected chi connectivity index (χ2v) is 10.1. The summed E-state index contributed by atoms with van der Waals surface area (Å²) in [6.07, 6.45) is -3.02. The number of aromatic nitrogens is 3. The smallest absolute Gasteiger partial charge is 0.461 e. The fraction of sp³-hybridized carbons (Fsp3) is 0.448. The third-order valence-corrected chi connectivity index (χ3v) is 7.16. The summed E-state index contributed by atoms with van der Waals surface area (Å²) in [4.78, 5) is 9.48. The molecule has 12 heteroatoms. The number of allylic oxidation sites excluding steroid dienone is 1. The van der Waals surface area contributed by atoms with Crippen molar-refractivity contribution in [1.82, 2.24) is 20.2 Å². The first-order valence-corrected chi connectivity index (χ1v) is 13.2. The maximum atomic E-state index is 13.2. The standard InChI is InChI=1S/C29H34F4N4O4/c1-28(14-15-39-17-21-6-4-3-5-7-21)13-12-22(25(26(28)36-38-2)16-37-20-34-19-35-37)18-40-23-8-10-24(11-9-23)41-29(32,33)27(30)31/h3-11,19-20,22,27,36H,12-18H2,1-2H3/t22-,28-/m0/s1. The van der Waals surface area contributed by atoms with Crippen LogP contribution in [0.1, 0.15) is 31.7 Å². The molecule has 3 aromatic rings. The lowest BCUT2D eigenvalue weighted by molar-refractivity contribution is -0.253. The number of nitrogens with one attached hydrogen (secondary N) is 1. The van der Waals surface area contributed by atoms with Gasteiger partial charge in [-0.3, -0.25) is 10.3 Å². The molecule has 1 aromatic heterocycles. The summed E-state index contributed by atoms with van der Waals surface area (Å²) >= 11 is 0. The summed E-state index contributed by atoms with van der Waals surface area (Å²) in [5.41, 5.74) is 5.92. The van der Waals surface area contributed by atoms with Gasteiger partial charge in [0.15, 0.2) is 0 Å². The summed E-state index contributed by atoms with van der Waals surface area (Å²) < 4.78 is 69.2. The summed E-state index contributed by atoms with van der Waals surface area (Å²) in [6.45, 7) is 3.99. The molecule has 1 aliphatic carbocycles. The van der Waals surface area contributed by atoms with Gasteiger partial charge in [-0.2, -0.15) is 22.7 Å². The van der Waals surface area contributed by atoms with Gasteiger partial charge < -0.3 is 14.2 Å². The topological polar surface area (TPSA) is 79.7 Å². The molecule has 2 atom stereocenters. The maximum absolute atomic E-state index is 13.2. The Labute approximate surface area is 236 Å². The van der Waals surface area contributed by atoms with Gasteiger partial charge in [0, 0.05) is 23.6 Å². The number of nitrogens with zero attached hydrogens (tertiary/aromatic N) is 3. The van der Waals surface area contributed by atoms with Crippen LogP contribution in [-0.4, -0.2) is 47.6 Å². The zero-order valence-corrected chi connectivity index (χ0v) is 22.9. The second kappa shape index (κ2) is 13.8. The molecule has 4 rings (SSSR count). The van der Waals surface area contributed by atoms with Gasteiger partial charge in [-0.1, -0.05) is 37.3 Å². The number of hydrogen-bond acceptors (Lipinski definition) is 7. The number of halogens is 4. The first kappa shape index (κ1) is 30.3. The van der Waals surface area contributed by atoms with E-state index in [0.717, 1.165) is 36.1 Å². The van der Waals surface area contributed by atoms with Gasteiger partial charge in [-0.25, -0.2) is 9.67 Å². The fourth-order valence-electron chi connectivity index (χ4n) is 4.87. The number of alkyl halides is 4. The van der Waals surface area contributed by atoms with Crippen molar-refractivity contribution in [2.24, 2.45) is 11.3 Å². The van der Waals surface area contributed by atoms with E-state index < -0.39 is 12.5 Å². The van der Waals surface area contributed by atoms with E-state index in [1.54, 1.807) is 18.1 Å². The second-order valence-electron chi connectivity index (χ2n) is 10.1. The molecule has 1 N–H and O–H groups in total. The molecular formula is C29H34F4N4O4. The monoisotopic (exact) mass is 578 g/mol. The van der Waals surface area contributed by atoms with Crippen molar-refractivity contribution in [3.8, 4) is 11.5 Å². The summed E-state index contributed by atoms with van der Waals surface area (Å²) in [7, 11) is 1.56. The number of rotatable bonds is 15. The zero-order chi connectivity index (χ0) is 29.3. The SMILES string of the molecule is CONC1=C(Cn2cncn2)[C@H](COc2ccc(OC(F)(F)C(F)F)cc2)CC[C@@]1(C)CCOCc1ccccc1. The van der Waals surface area contributed by atoms with Crippen LogP contribution < -0.4 is 15.0 Å². The number of hydroxylamine groups is 1. The summed E-state index contributed by atoms with van der Waals surface area (Å²) in [5.74, 6) is -0.0279. The molecule has 0 radical (unpaired) electrons. The van der Waals surface area contributed by atoms with Crippen molar-refractivity contribution in [3.05, 3.63) is 84.1 Å². The molecule has 1 heterocycles. The molecule has 41 heavy (non-hydrogen) atoms. The molecule has 0 aliphatic heterocycles. The van der Waals surface area contributed by atoms with Crippen molar-refractivity contribution in [2.45, 2.75) is 51.9 Å². The quantitative estimate of drug-likeness (QED) is 0.134. The molecule has 1 aliphatic rings. The minimum Gasteiger partial charge on any atom is -0.493 e. The van der Waals surface area contributed by atoms with Gasteiger partial charge in [0.1, 0.15) is 24.2 Å². The Morgan fingerprint density at radius 2 is 1.83 bits per heavy atom. The minimum atomic E-state index is -4.57. The Morgan fingerprint density at radius 1 is 1.10 bits per heavy atom. The lowest BCUT2D eigenvalue weighted by atomic mass is 9.69. The summed E-state index contributed by atoms with van der Waals surface area (Å²) in [5, 5.41) is 4.27. The average Bonchev–Trinajstić information content (AvgIpc) is 3.47. The van der Waals surface area contributed by atoms with Gasteiger partial charge >= 0.3 is 12.5 Å². The first-order chi connectivity index (χ1) is 19.7.